The fraction of sp³-hybridized carbons (Fsp3) is 0.118. The Morgan fingerprint density at radius 2 is 1.70 bits per heavy atom. The van der Waals surface area contributed by atoms with E-state index in [1.54, 1.807) is 12.1 Å². The van der Waals surface area contributed by atoms with Crippen molar-refractivity contribution in [2.75, 3.05) is 5.75 Å². The number of carbonyl (C=O) groups is 1. The van der Waals surface area contributed by atoms with Crippen LogP contribution < -0.4 is 5.69 Å². The van der Waals surface area contributed by atoms with Gasteiger partial charge in [-0.3, -0.25) is 9.36 Å². The van der Waals surface area contributed by atoms with Gasteiger partial charge in [-0.25, -0.2) is 9.89 Å². The number of thioether (sulfide) groups is 1. The summed E-state index contributed by atoms with van der Waals surface area (Å²) >= 11 is 1.26. The van der Waals surface area contributed by atoms with Crippen LogP contribution in [0.3, 0.4) is 0 Å². The molecule has 6 heteroatoms. The van der Waals surface area contributed by atoms with E-state index < -0.39 is 0 Å². The summed E-state index contributed by atoms with van der Waals surface area (Å²) in [4.78, 5) is 24.1. The van der Waals surface area contributed by atoms with E-state index in [1.165, 1.54) is 16.3 Å². The van der Waals surface area contributed by atoms with Crippen LogP contribution in [0.25, 0.3) is 0 Å². The molecule has 0 saturated carbocycles. The van der Waals surface area contributed by atoms with Gasteiger partial charge in [0.25, 0.3) is 0 Å². The minimum atomic E-state index is -0.275. The number of nitrogens with zero attached hydrogens (tertiary/aromatic N) is 2. The molecule has 0 amide bonds. The third-order valence-electron chi connectivity index (χ3n) is 3.33. The van der Waals surface area contributed by atoms with Crippen LogP contribution in [0.2, 0.25) is 0 Å². The second-order valence-corrected chi connectivity index (χ2v) is 5.90. The van der Waals surface area contributed by atoms with Crippen molar-refractivity contribution >= 4 is 17.5 Å². The van der Waals surface area contributed by atoms with E-state index in [0.29, 0.717) is 17.3 Å². The maximum Gasteiger partial charge on any atom is 0.344 e. The van der Waals surface area contributed by atoms with Gasteiger partial charge in [0.2, 0.25) is 0 Å². The molecule has 0 aliphatic rings. The minimum Gasteiger partial charge on any atom is -0.293 e. The molecular weight excluding hydrogens is 310 g/mol. The Balaban J connectivity index is 1.72. The van der Waals surface area contributed by atoms with E-state index in [-0.39, 0.29) is 17.2 Å². The highest BCUT2D eigenvalue weighted by Gasteiger charge is 2.12. The number of hydrogen-bond donors (Lipinski definition) is 1. The quantitative estimate of drug-likeness (QED) is 0.559. The van der Waals surface area contributed by atoms with E-state index in [1.807, 2.05) is 48.5 Å². The van der Waals surface area contributed by atoms with E-state index in [9.17, 15) is 9.59 Å². The summed E-state index contributed by atoms with van der Waals surface area (Å²) in [5.41, 5.74) is 1.39. The Kier molecular flexibility index (Phi) is 4.73. The molecule has 1 aromatic heterocycles. The van der Waals surface area contributed by atoms with Gasteiger partial charge in [0.1, 0.15) is 0 Å². The predicted molar refractivity (Wildman–Crippen MR) is 89.9 cm³/mol. The lowest BCUT2D eigenvalue weighted by Crippen LogP contribution is -2.18. The van der Waals surface area contributed by atoms with Crippen molar-refractivity contribution in [2.45, 2.75) is 11.7 Å². The van der Waals surface area contributed by atoms with E-state index in [2.05, 4.69) is 10.2 Å². The van der Waals surface area contributed by atoms with Gasteiger partial charge in [0.15, 0.2) is 10.9 Å². The normalized spacial score (nSPS) is 10.6. The van der Waals surface area contributed by atoms with Gasteiger partial charge < -0.3 is 0 Å². The van der Waals surface area contributed by atoms with Crippen LogP contribution >= 0.6 is 11.8 Å². The topological polar surface area (TPSA) is 67.8 Å². The zero-order valence-corrected chi connectivity index (χ0v) is 13.1. The molecule has 0 aliphatic heterocycles. The Labute approximate surface area is 137 Å². The zero-order valence-electron chi connectivity index (χ0n) is 12.3. The average molecular weight is 325 g/mol. The van der Waals surface area contributed by atoms with Crippen LogP contribution in [-0.4, -0.2) is 26.3 Å². The van der Waals surface area contributed by atoms with Gasteiger partial charge in [0.05, 0.1) is 12.3 Å². The largest absolute Gasteiger partial charge is 0.344 e. The maximum absolute atomic E-state index is 12.1. The first-order chi connectivity index (χ1) is 11.2. The van der Waals surface area contributed by atoms with Gasteiger partial charge in [-0.05, 0) is 5.56 Å². The molecule has 2 aromatic carbocycles. The van der Waals surface area contributed by atoms with Crippen molar-refractivity contribution in [2.24, 2.45) is 0 Å². The fourth-order valence-corrected chi connectivity index (χ4v) is 3.00. The van der Waals surface area contributed by atoms with Crippen LogP contribution in [0.1, 0.15) is 15.9 Å². The van der Waals surface area contributed by atoms with Crippen molar-refractivity contribution in [3.63, 3.8) is 0 Å². The molecule has 23 heavy (non-hydrogen) atoms. The van der Waals surface area contributed by atoms with Gasteiger partial charge >= 0.3 is 5.69 Å². The smallest absolute Gasteiger partial charge is 0.293 e. The molecule has 5 nitrogen and oxygen atoms in total. The third kappa shape index (κ3) is 3.78. The summed E-state index contributed by atoms with van der Waals surface area (Å²) in [7, 11) is 0. The van der Waals surface area contributed by atoms with Gasteiger partial charge in [0, 0.05) is 5.56 Å². The van der Waals surface area contributed by atoms with Crippen molar-refractivity contribution in [3.05, 3.63) is 82.3 Å². The average Bonchev–Trinajstić information content (AvgIpc) is 2.94. The number of benzene rings is 2. The third-order valence-corrected chi connectivity index (χ3v) is 4.31. The summed E-state index contributed by atoms with van der Waals surface area (Å²) in [5, 5.41) is 6.98. The van der Waals surface area contributed by atoms with E-state index in [4.69, 9.17) is 0 Å². The van der Waals surface area contributed by atoms with Gasteiger partial charge in [-0.1, -0.05) is 72.4 Å². The van der Waals surface area contributed by atoms with Crippen LogP contribution in [0.4, 0.5) is 0 Å². The molecule has 3 aromatic rings. The molecule has 116 valence electrons. The summed E-state index contributed by atoms with van der Waals surface area (Å²) in [6, 6.07) is 18.8. The molecule has 0 unspecified atom stereocenters. The van der Waals surface area contributed by atoms with Crippen molar-refractivity contribution in [1.29, 1.82) is 0 Å². The lowest BCUT2D eigenvalue weighted by atomic mass is 10.2. The summed E-state index contributed by atoms with van der Waals surface area (Å²) in [5.74, 6) is 0.251. The second-order valence-electron chi connectivity index (χ2n) is 4.96. The number of Topliss-reactive ketones (excluding diaryl/α,β-unsaturated/α-hetero) is 1. The molecular formula is C17H15N3O2S. The molecule has 0 bridgehead atoms. The Bertz CT molecular complexity index is 841. The first-order valence-electron chi connectivity index (χ1n) is 7.14. The highest BCUT2D eigenvalue weighted by Crippen LogP contribution is 2.16. The van der Waals surface area contributed by atoms with Gasteiger partial charge in [-0.15, -0.1) is 5.10 Å². The number of ketones is 1. The first-order valence-corrected chi connectivity index (χ1v) is 8.13. The van der Waals surface area contributed by atoms with Crippen molar-refractivity contribution < 1.29 is 4.79 Å². The number of aromatic nitrogens is 3. The van der Waals surface area contributed by atoms with Crippen molar-refractivity contribution in [3.8, 4) is 0 Å². The monoisotopic (exact) mass is 325 g/mol. The zero-order chi connectivity index (χ0) is 16.1. The predicted octanol–water partition coefficient (Wildman–Crippen LogP) is 2.59. The summed E-state index contributed by atoms with van der Waals surface area (Å²) < 4.78 is 1.54. The highest BCUT2D eigenvalue weighted by atomic mass is 32.2. The Morgan fingerprint density at radius 1 is 1.04 bits per heavy atom. The van der Waals surface area contributed by atoms with Gasteiger partial charge in [-0.2, -0.15) is 0 Å². The molecule has 0 saturated heterocycles. The Morgan fingerprint density at radius 3 is 2.39 bits per heavy atom. The molecule has 3 rings (SSSR count). The molecule has 0 atom stereocenters. The van der Waals surface area contributed by atoms with Crippen molar-refractivity contribution in [1.82, 2.24) is 14.8 Å². The van der Waals surface area contributed by atoms with Crippen LogP contribution in [-0.2, 0) is 6.54 Å². The maximum atomic E-state index is 12.1. The van der Waals surface area contributed by atoms with Crippen LogP contribution in [0, 0.1) is 0 Å². The molecule has 0 spiro atoms. The Hall–Kier alpha value is -2.60. The second kappa shape index (κ2) is 7.11. The molecule has 0 radical (unpaired) electrons. The summed E-state index contributed by atoms with van der Waals surface area (Å²) in [6.07, 6.45) is 0. The number of aromatic amines is 1. The number of rotatable bonds is 6. The van der Waals surface area contributed by atoms with Crippen LogP contribution in [0.5, 0.6) is 0 Å². The summed E-state index contributed by atoms with van der Waals surface area (Å²) in [6.45, 7) is 0.429. The minimum absolute atomic E-state index is 0.0114. The SMILES string of the molecule is O=C(CSc1n[nH]c(=O)n1Cc1ccccc1)c1ccccc1. The number of hydrogen-bond acceptors (Lipinski definition) is 4. The molecule has 0 fully saturated rings. The number of carbonyl (C=O) groups excluding carboxylic acids is 1. The molecule has 0 aliphatic carbocycles. The number of H-pyrrole nitrogens is 1. The molecule has 1 N–H and O–H groups in total. The first kappa shape index (κ1) is 15.3. The standard InChI is InChI=1S/C17H15N3O2S/c21-15(14-9-5-2-6-10-14)12-23-17-19-18-16(22)20(17)11-13-7-3-1-4-8-13/h1-10H,11-12H2,(H,18,22). The number of nitrogens with one attached hydrogen (secondary N) is 1. The highest BCUT2D eigenvalue weighted by molar-refractivity contribution is 7.99. The van der Waals surface area contributed by atoms with E-state index in [0.717, 1.165) is 5.56 Å². The lowest BCUT2D eigenvalue weighted by molar-refractivity contribution is 0.102. The van der Waals surface area contributed by atoms with E-state index >= 15 is 0 Å². The fourth-order valence-electron chi connectivity index (χ4n) is 2.16. The van der Waals surface area contributed by atoms with Crippen LogP contribution in [0.15, 0.2) is 70.6 Å². The molecule has 1 heterocycles. The lowest BCUT2D eigenvalue weighted by Gasteiger charge is -2.05.